The Hall–Kier alpha value is -2.99. The highest BCUT2D eigenvalue weighted by Crippen LogP contribution is 2.18. The monoisotopic (exact) mass is 362 g/mol. The zero-order valence-corrected chi connectivity index (χ0v) is 15.1. The largest absolute Gasteiger partial charge is 0.339 e. The van der Waals surface area contributed by atoms with E-state index in [2.05, 4.69) is 34.1 Å². The summed E-state index contributed by atoms with van der Waals surface area (Å²) in [5.41, 5.74) is 2.11. The molecule has 3 heterocycles. The van der Waals surface area contributed by atoms with Gasteiger partial charge in [-0.3, -0.25) is 19.5 Å². The molecule has 27 heavy (non-hydrogen) atoms. The third-order valence-electron chi connectivity index (χ3n) is 5.04. The van der Waals surface area contributed by atoms with Crippen LogP contribution < -0.4 is 5.56 Å². The average Bonchev–Trinajstić information content (AvgIpc) is 2.70. The summed E-state index contributed by atoms with van der Waals surface area (Å²) in [4.78, 5) is 33.0. The average molecular weight is 362 g/mol. The maximum atomic E-state index is 12.5. The van der Waals surface area contributed by atoms with Gasteiger partial charge in [-0.15, -0.1) is 0 Å². The molecule has 0 saturated carbocycles. The number of aromatic nitrogens is 2. The smallest absolute Gasteiger partial charge is 0.250 e. The van der Waals surface area contributed by atoms with Gasteiger partial charge in [0.05, 0.1) is 5.52 Å². The molecular formula is C21H22N4O2. The van der Waals surface area contributed by atoms with Gasteiger partial charge >= 0.3 is 0 Å². The first kappa shape index (κ1) is 17.4. The minimum absolute atomic E-state index is 0.00484. The molecule has 1 aromatic carbocycles. The second-order valence-electron chi connectivity index (χ2n) is 6.82. The van der Waals surface area contributed by atoms with Crippen molar-refractivity contribution in [1.29, 1.82) is 0 Å². The predicted molar refractivity (Wildman–Crippen MR) is 104 cm³/mol. The molecule has 1 saturated heterocycles. The van der Waals surface area contributed by atoms with Crippen LogP contribution in [-0.2, 0) is 17.9 Å². The first-order chi connectivity index (χ1) is 13.2. The van der Waals surface area contributed by atoms with Crippen LogP contribution in [0.5, 0.6) is 0 Å². The molecule has 1 aliphatic rings. The Morgan fingerprint density at radius 3 is 2.59 bits per heavy atom. The van der Waals surface area contributed by atoms with Gasteiger partial charge in [0.25, 0.3) is 5.56 Å². The van der Waals surface area contributed by atoms with Crippen molar-refractivity contribution in [3.63, 3.8) is 0 Å². The van der Waals surface area contributed by atoms with Crippen molar-refractivity contribution in [3.05, 3.63) is 76.8 Å². The highest BCUT2D eigenvalue weighted by Gasteiger charge is 2.21. The van der Waals surface area contributed by atoms with Crippen molar-refractivity contribution < 1.29 is 4.79 Å². The minimum Gasteiger partial charge on any atom is -0.339 e. The van der Waals surface area contributed by atoms with Gasteiger partial charge in [0.15, 0.2) is 0 Å². The quantitative estimate of drug-likeness (QED) is 0.709. The second kappa shape index (κ2) is 7.72. The molecule has 6 heteroatoms. The summed E-state index contributed by atoms with van der Waals surface area (Å²) < 4.78 is 1.45. The highest BCUT2D eigenvalue weighted by molar-refractivity contribution is 5.81. The topological polar surface area (TPSA) is 58.4 Å². The summed E-state index contributed by atoms with van der Waals surface area (Å²) in [5.74, 6) is -0.00484. The summed E-state index contributed by atoms with van der Waals surface area (Å²) in [6.45, 7) is 3.93. The van der Waals surface area contributed by atoms with E-state index >= 15 is 0 Å². The van der Waals surface area contributed by atoms with E-state index in [4.69, 9.17) is 0 Å². The maximum Gasteiger partial charge on any atom is 0.250 e. The van der Waals surface area contributed by atoms with Crippen molar-refractivity contribution in [1.82, 2.24) is 19.4 Å². The summed E-state index contributed by atoms with van der Waals surface area (Å²) in [7, 11) is 0. The van der Waals surface area contributed by atoms with Crippen LogP contribution in [0.4, 0.5) is 0 Å². The zero-order valence-electron chi connectivity index (χ0n) is 15.1. The molecule has 3 aromatic rings. The zero-order chi connectivity index (χ0) is 18.6. The lowest BCUT2D eigenvalue weighted by atomic mass is 10.1. The number of nitrogens with zero attached hydrogens (tertiary/aromatic N) is 4. The fourth-order valence-electron chi connectivity index (χ4n) is 3.53. The van der Waals surface area contributed by atoms with Crippen LogP contribution in [0, 0.1) is 0 Å². The molecular weight excluding hydrogens is 340 g/mol. The van der Waals surface area contributed by atoms with Crippen molar-refractivity contribution in [3.8, 4) is 0 Å². The molecule has 6 nitrogen and oxygen atoms in total. The third-order valence-corrected chi connectivity index (χ3v) is 5.04. The van der Waals surface area contributed by atoms with Crippen LogP contribution in [-0.4, -0.2) is 51.4 Å². The summed E-state index contributed by atoms with van der Waals surface area (Å²) in [6, 6.07) is 15.2. The molecule has 0 aliphatic carbocycles. The normalized spacial score (nSPS) is 15.2. The van der Waals surface area contributed by atoms with Gasteiger partial charge in [-0.05, 0) is 17.7 Å². The van der Waals surface area contributed by atoms with E-state index in [0.717, 1.165) is 30.5 Å². The van der Waals surface area contributed by atoms with Crippen LogP contribution in [0.2, 0.25) is 0 Å². The highest BCUT2D eigenvalue weighted by atomic mass is 16.2. The number of rotatable bonds is 4. The first-order valence-corrected chi connectivity index (χ1v) is 9.19. The second-order valence-corrected chi connectivity index (χ2v) is 6.82. The molecule has 4 rings (SSSR count). The number of pyridine rings is 2. The Labute approximate surface area is 157 Å². The van der Waals surface area contributed by atoms with Crippen molar-refractivity contribution >= 4 is 16.8 Å². The molecule has 1 fully saturated rings. The lowest BCUT2D eigenvalue weighted by Gasteiger charge is -2.35. The third kappa shape index (κ3) is 3.90. The number of carbonyl (C=O) groups is 1. The predicted octanol–water partition coefficient (Wildman–Crippen LogP) is 1.74. The number of fused-ring (bicyclic) bond motifs is 1. The number of carbonyl (C=O) groups excluding carboxylic acids is 1. The first-order valence-electron chi connectivity index (χ1n) is 9.19. The number of hydrogen-bond donors (Lipinski definition) is 0. The molecule has 0 spiro atoms. The molecule has 1 aliphatic heterocycles. The van der Waals surface area contributed by atoms with Gasteiger partial charge < -0.3 is 9.47 Å². The number of para-hydroxylation sites is 1. The van der Waals surface area contributed by atoms with Crippen LogP contribution in [0.15, 0.2) is 65.7 Å². The Kier molecular flexibility index (Phi) is 4.98. The molecule has 0 N–H and O–H groups in total. The molecule has 0 atom stereocenters. The SMILES string of the molecule is O=C(Cn1ccccc1=O)N1CCN(Cc2cccc3cccnc23)CC1. The van der Waals surface area contributed by atoms with Crippen LogP contribution >= 0.6 is 0 Å². The Bertz CT molecular complexity index is 1000. The van der Waals surface area contributed by atoms with E-state index in [1.807, 2.05) is 17.2 Å². The molecule has 2 aromatic heterocycles. The summed E-state index contributed by atoms with van der Waals surface area (Å²) >= 11 is 0. The van der Waals surface area contributed by atoms with Crippen molar-refractivity contribution in [2.45, 2.75) is 13.1 Å². The van der Waals surface area contributed by atoms with Gasteiger partial charge in [-0.1, -0.05) is 30.3 Å². The fraction of sp³-hybridized carbons (Fsp3) is 0.286. The molecule has 0 radical (unpaired) electrons. The van der Waals surface area contributed by atoms with E-state index < -0.39 is 0 Å². The van der Waals surface area contributed by atoms with E-state index in [1.54, 1.807) is 18.3 Å². The van der Waals surface area contributed by atoms with Gasteiger partial charge in [0.1, 0.15) is 6.54 Å². The van der Waals surface area contributed by atoms with Crippen molar-refractivity contribution in [2.75, 3.05) is 26.2 Å². The maximum absolute atomic E-state index is 12.5. The Morgan fingerprint density at radius 2 is 1.78 bits per heavy atom. The molecule has 0 bridgehead atoms. The van der Waals surface area contributed by atoms with Crippen LogP contribution in [0.1, 0.15) is 5.56 Å². The van der Waals surface area contributed by atoms with Gasteiger partial charge in [0.2, 0.25) is 5.91 Å². The van der Waals surface area contributed by atoms with Crippen LogP contribution in [0.25, 0.3) is 10.9 Å². The van der Waals surface area contributed by atoms with Gasteiger partial charge in [-0.2, -0.15) is 0 Å². The van der Waals surface area contributed by atoms with Crippen molar-refractivity contribution in [2.24, 2.45) is 0 Å². The number of piperazine rings is 1. The number of benzene rings is 1. The molecule has 138 valence electrons. The van der Waals surface area contributed by atoms with Gasteiger partial charge in [-0.25, -0.2) is 0 Å². The van der Waals surface area contributed by atoms with E-state index in [9.17, 15) is 9.59 Å². The summed E-state index contributed by atoms with van der Waals surface area (Å²) in [5, 5.41) is 1.15. The molecule has 0 unspecified atom stereocenters. The van der Waals surface area contributed by atoms with E-state index in [-0.39, 0.29) is 18.0 Å². The standard InChI is InChI=1S/C21H22N4O2/c26-19-8-1-2-10-25(19)16-20(27)24-13-11-23(12-14-24)15-18-6-3-5-17-7-4-9-22-21(17)18/h1-10H,11-16H2. The van der Waals surface area contributed by atoms with Gasteiger partial charge in [0, 0.05) is 56.6 Å². The Morgan fingerprint density at radius 1 is 0.963 bits per heavy atom. The fourth-order valence-corrected chi connectivity index (χ4v) is 3.53. The number of amides is 1. The van der Waals surface area contributed by atoms with Crippen LogP contribution in [0.3, 0.4) is 0 Å². The molecule has 1 amide bonds. The van der Waals surface area contributed by atoms with E-state index in [1.165, 1.54) is 16.2 Å². The lowest BCUT2D eigenvalue weighted by Crippen LogP contribution is -2.49. The number of hydrogen-bond acceptors (Lipinski definition) is 4. The minimum atomic E-state index is -0.145. The van der Waals surface area contributed by atoms with E-state index in [0.29, 0.717) is 13.1 Å². The Balaban J connectivity index is 1.37. The summed E-state index contributed by atoms with van der Waals surface area (Å²) in [6.07, 6.45) is 3.48. The lowest BCUT2D eigenvalue weighted by molar-refractivity contribution is -0.133.